The lowest BCUT2D eigenvalue weighted by molar-refractivity contribution is 0.0249. The molecule has 4 heteroatoms. The maximum absolute atomic E-state index is 6.18. The zero-order valence-electron chi connectivity index (χ0n) is 11.0. The Bertz CT molecular complexity index is 403. The normalized spacial score (nSPS) is 16.8. The van der Waals surface area contributed by atoms with E-state index < -0.39 is 0 Å². The van der Waals surface area contributed by atoms with Crippen LogP contribution in [0.1, 0.15) is 24.0 Å². The van der Waals surface area contributed by atoms with Gasteiger partial charge in [0, 0.05) is 29.4 Å². The highest BCUT2D eigenvalue weighted by molar-refractivity contribution is 9.10. The summed E-state index contributed by atoms with van der Waals surface area (Å²) in [4.78, 5) is 0. The molecule has 2 rings (SSSR count). The molecule has 0 atom stereocenters. The highest BCUT2D eigenvalue weighted by atomic mass is 79.9. The van der Waals surface area contributed by atoms with Crippen molar-refractivity contribution in [3.63, 3.8) is 0 Å². The molecule has 1 heterocycles. The van der Waals surface area contributed by atoms with Gasteiger partial charge in [-0.3, -0.25) is 0 Å². The van der Waals surface area contributed by atoms with Crippen molar-refractivity contribution in [3.05, 3.63) is 27.7 Å². The van der Waals surface area contributed by atoms with Crippen molar-refractivity contribution in [2.24, 2.45) is 0 Å². The monoisotopic (exact) mass is 313 g/mol. The average Bonchev–Trinajstić information content (AvgIpc) is 2.35. The first-order valence-corrected chi connectivity index (χ1v) is 7.18. The Hall–Kier alpha value is -0.580. The lowest BCUT2D eigenvalue weighted by Crippen LogP contribution is -2.26. The van der Waals surface area contributed by atoms with Crippen LogP contribution in [0.3, 0.4) is 0 Å². The van der Waals surface area contributed by atoms with Gasteiger partial charge in [-0.05, 0) is 31.7 Å². The van der Waals surface area contributed by atoms with Gasteiger partial charge >= 0.3 is 0 Å². The number of ether oxygens (including phenoxy) is 2. The Balaban J connectivity index is 2.18. The van der Waals surface area contributed by atoms with Crippen LogP contribution in [0.15, 0.2) is 16.6 Å². The zero-order valence-corrected chi connectivity index (χ0v) is 12.5. The Labute approximate surface area is 117 Å². The summed E-state index contributed by atoms with van der Waals surface area (Å²) in [5.41, 5.74) is 2.39. The molecule has 0 amide bonds. The SMILES string of the molecule is CNCc1cc(Br)cc(C)c1OC1CCOCC1. The van der Waals surface area contributed by atoms with Crippen LogP contribution in [0.5, 0.6) is 5.75 Å². The van der Waals surface area contributed by atoms with Crippen LogP contribution in [0.2, 0.25) is 0 Å². The fourth-order valence-electron chi connectivity index (χ4n) is 2.25. The van der Waals surface area contributed by atoms with Gasteiger partial charge in [0.15, 0.2) is 0 Å². The molecule has 0 spiro atoms. The van der Waals surface area contributed by atoms with Crippen LogP contribution >= 0.6 is 15.9 Å². The van der Waals surface area contributed by atoms with E-state index in [1.165, 1.54) is 11.1 Å². The molecule has 3 nitrogen and oxygen atoms in total. The summed E-state index contributed by atoms with van der Waals surface area (Å²) >= 11 is 3.54. The van der Waals surface area contributed by atoms with Crippen LogP contribution in [-0.2, 0) is 11.3 Å². The minimum Gasteiger partial charge on any atom is -0.490 e. The average molecular weight is 314 g/mol. The van der Waals surface area contributed by atoms with Gasteiger partial charge in [-0.25, -0.2) is 0 Å². The lowest BCUT2D eigenvalue weighted by atomic mass is 10.1. The van der Waals surface area contributed by atoms with E-state index in [0.29, 0.717) is 0 Å². The van der Waals surface area contributed by atoms with E-state index in [9.17, 15) is 0 Å². The Morgan fingerprint density at radius 1 is 1.39 bits per heavy atom. The molecule has 0 radical (unpaired) electrons. The Morgan fingerprint density at radius 2 is 2.11 bits per heavy atom. The first-order chi connectivity index (χ1) is 8.70. The molecule has 0 saturated carbocycles. The summed E-state index contributed by atoms with van der Waals surface area (Å²) in [5.74, 6) is 1.03. The highest BCUT2D eigenvalue weighted by Crippen LogP contribution is 2.30. The summed E-state index contributed by atoms with van der Waals surface area (Å²) in [6.45, 7) is 4.53. The second-order valence-corrected chi connectivity index (χ2v) is 5.59. The summed E-state index contributed by atoms with van der Waals surface area (Å²) in [5, 5.41) is 3.19. The number of hydrogen-bond acceptors (Lipinski definition) is 3. The van der Waals surface area contributed by atoms with Crippen molar-refractivity contribution in [3.8, 4) is 5.75 Å². The number of rotatable bonds is 4. The maximum atomic E-state index is 6.18. The van der Waals surface area contributed by atoms with E-state index in [0.717, 1.165) is 42.8 Å². The van der Waals surface area contributed by atoms with Crippen LogP contribution < -0.4 is 10.1 Å². The molecular weight excluding hydrogens is 294 g/mol. The minimum absolute atomic E-state index is 0.286. The summed E-state index contributed by atoms with van der Waals surface area (Å²) < 4.78 is 12.7. The fraction of sp³-hybridized carbons (Fsp3) is 0.571. The molecule has 0 bridgehead atoms. The predicted octanol–water partition coefficient (Wildman–Crippen LogP) is 3.03. The number of halogens is 1. The van der Waals surface area contributed by atoms with Crippen molar-refractivity contribution in [1.82, 2.24) is 5.32 Å². The quantitative estimate of drug-likeness (QED) is 0.927. The van der Waals surface area contributed by atoms with Crippen LogP contribution in [0.4, 0.5) is 0 Å². The van der Waals surface area contributed by atoms with Gasteiger partial charge in [0.1, 0.15) is 11.9 Å². The van der Waals surface area contributed by atoms with Crippen LogP contribution in [0.25, 0.3) is 0 Å². The molecule has 18 heavy (non-hydrogen) atoms. The van der Waals surface area contributed by atoms with Crippen molar-refractivity contribution in [1.29, 1.82) is 0 Å². The standard InChI is InChI=1S/C14H20BrNO2/c1-10-7-12(15)8-11(9-16-2)14(10)18-13-3-5-17-6-4-13/h7-8,13,16H,3-6,9H2,1-2H3. The molecule has 1 aliphatic heterocycles. The lowest BCUT2D eigenvalue weighted by Gasteiger charge is -2.25. The number of nitrogens with one attached hydrogen (secondary N) is 1. The van der Waals surface area contributed by atoms with E-state index in [-0.39, 0.29) is 6.10 Å². The number of aryl methyl sites for hydroxylation is 1. The van der Waals surface area contributed by atoms with Gasteiger partial charge in [0.2, 0.25) is 0 Å². The third kappa shape index (κ3) is 3.46. The van der Waals surface area contributed by atoms with Gasteiger partial charge < -0.3 is 14.8 Å². The molecule has 1 saturated heterocycles. The van der Waals surface area contributed by atoms with E-state index in [4.69, 9.17) is 9.47 Å². The molecular formula is C14H20BrNO2. The molecule has 1 N–H and O–H groups in total. The Kier molecular flexibility index (Phi) is 5.03. The van der Waals surface area contributed by atoms with Crippen LogP contribution in [-0.4, -0.2) is 26.4 Å². The summed E-state index contributed by atoms with van der Waals surface area (Å²) in [6, 6.07) is 4.23. The molecule has 100 valence electrons. The molecule has 1 aromatic carbocycles. The molecule has 0 aliphatic carbocycles. The topological polar surface area (TPSA) is 30.5 Å². The highest BCUT2D eigenvalue weighted by Gasteiger charge is 2.18. The molecule has 1 fully saturated rings. The maximum Gasteiger partial charge on any atom is 0.127 e. The van der Waals surface area contributed by atoms with E-state index in [2.05, 4.69) is 40.3 Å². The fourth-order valence-corrected chi connectivity index (χ4v) is 2.87. The van der Waals surface area contributed by atoms with E-state index in [1.54, 1.807) is 0 Å². The van der Waals surface area contributed by atoms with Crippen molar-refractivity contribution in [2.75, 3.05) is 20.3 Å². The van der Waals surface area contributed by atoms with Gasteiger partial charge in [-0.15, -0.1) is 0 Å². The molecule has 1 aromatic rings. The van der Waals surface area contributed by atoms with E-state index in [1.807, 2.05) is 7.05 Å². The van der Waals surface area contributed by atoms with Gasteiger partial charge in [-0.2, -0.15) is 0 Å². The molecule has 1 aliphatic rings. The van der Waals surface area contributed by atoms with Gasteiger partial charge in [0.25, 0.3) is 0 Å². The number of hydrogen-bond donors (Lipinski definition) is 1. The van der Waals surface area contributed by atoms with Crippen molar-refractivity contribution < 1.29 is 9.47 Å². The smallest absolute Gasteiger partial charge is 0.127 e. The van der Waals surface area contributed by atoms with Crippen molar-refractivity contribution in [2.45, 2.75) is 32.4 Å². The third-order valence-corrected chi connectivity index (χ3v) is 3.59. The Morgan fingerprint density at radius 3 is 2.78 bits per heavy atom. The van der Waals surface area contributed by atoms with E-state index >= 15 is 0 Å². The third-order valence-electron chi connectivity index (χ3n) is 3.14. The predicted molar refractivity (Wildman–Crippen MR) is 76.1 cm³/mol. The van der Waals surface area contributed by atoms with Crippen molar-refractivity contribution >= 4 is 15.9 Å². The summed E-state index contributed by atoms with van der Waals surface area (Å²) in [6.07, 6.45) is 2.25. The zero-order chi connectivity index (χ0) is 13.0. The molecule has 0 aromatic heterocycles. The first-order valence-electron chi connectivity index (χ1n) is 6.38. The second-order valence-electron chi connectivity index (χ2n) is 4.67. The number of benzene rings is 1. The second kappa shape index (κ2) is 6.55. The van der Waals surface area contributed by atoms with Gasteiger partial charge in [-0.1, -0.05) is 15.9 Å². The molecule has 0 unspecified atom stereocenters. The summed E-state index contributed by atoms with van der Waals surface area (Å²) in [7, 11) is 1.95. The van der Waals surface area contributed by atoms with Crippen LogP contribution in [0, 0.1) is 6.92 Å². The first kappa shape index (κ1) is 13.8. The largest absolute Gasteiger partial charge is 0.490 e. The minimum atomic E-state index is 0.286. The van der Waals surface area contributed by atoms with Gasteiger partial charge in [0.05, 0.1) is 13.2 Å².